The van der Waals surface area contributed by atoms with Crippen LogP contribution in [0.2, 0.25) is 0 Å². The van der Waals surface area contributed by atoms with E-state index in [1.165, 1.54) is 0 Å². The van der Waals surface area contributed by atoms with E-state index in [4.69, 9.17) is 5.73 Å². The maximum atomic E-state index is 5.53. The number of aromatic nitrogens is 2. The zero-order valence-corrected chi connectivity index (χ0v) is 7.38. The predicted molar refractivity (Wildman–Crippen MR) is 53.6 cm³/mol. The lowest BCUT2D eigenvalue weighted by Crippen LogP contribution is -1.80. The Morgan fingerprint density at radius 1 is 1.14 bits per heavy atom. The van der Waals surface area contributed by atoms with E-state index < -0.39 is 0 Å². The van der Waals surface area contributed by atoms with Crippen molar-refractivity contribution in [3.05, 3.63) is 36.7 Å². The molecule has 14 heavy (non-hydrogen) atoms. The first kappa shape index (κ1) is 8.43. The van der Waals surface area contributed by atoms with Crippen molar-refractivity contribution in [3.8, 4) is 0 Å². The van der Waals surface area contributed by atoms with Gasteiger partial charge < -0.3 is 10.7 Å². The van der Waals surface area contributed by atoms with Crippen molar-refractivity contribution >= 4 is 17.3 Å². The quantitative estimate of drug-likeness (QED) is 0.559. The summed E-state index contributed by atoms with van der Waals surface area (Å²) in [6.07, 6.45) is 3.31. The summed E-state index contributed by atoms with van der Waals surface area (Å²) in [6, 6.07) is 7.14. The Hall–Kier alpha value is -2.17. The molecule has 1 heterocycles. The van der Waals surface area contributed by atoms with Crippen LogP contribution in [0.5, 0.6) is 0 Å². The number of H-pyrrole nitrogens is 1. The minimum absolute atomic E-state index is 0.488. The molecule has 1 aromatic carbocycles. The first-order chi connectivity index (χ1) is 6.84. The minimum Gasteiger partial charge on any atom is -0.399 e. The molecule has 0 atom stereocenters. The van der Waals surface area contributed by atoms with Crippen molar-refractivity contribution in [1.82, 2.24) is 9.97 Å². The van der Waals surface area contributed by atoms with Gasteiger partial charge in [-0.3, -0.25) is 0 Å². The van der Waals surface area contributed by atoms with E-state index in [2.05, 4.69) is 20.2 Å². The summed E-state index contributed by atoms with van der Waals surface area (Å²) in [5, 5.41) is 7.85. The number of rotatable bonds is 2. The van der Waals surface area contributed by atoms with E-state index in [0.29, 0.717) is 11.6 Å². The lowest BCUT2D eigenvalue weighted by Gasteiger charge is -1.92. The molecule has 0 fully saturated rings. The molecule has 0 unspecified atom stereocenters. The van der Waals surface area contributed by atoms with Gasteiger partial charge in [-0.05, 0) is 24.3 Å². The lowest BCUT2D eigenvalue weighted by atomic mass is 10.3. The highest BCUT2D eigenvalue weighted by Gasteiger charge is 1.90. The monoisotopic (exact) mass is 187 g/mol. The number of nitrogens with zero attached hydrogens (tertiary/aromatic N) is 3. The molecule has 5 heteroatoms. The number of hydrogen-bond acceptors (Lipinski definition) is 4. The molecule has 0 saturated carbocycles. The zero-order valence-electron chi connectivity index (χ0n) is 7.38. The molecule has 0 amide bonds. The van der Waals surface area contributed by atoms with E-state index in [9.17, 15) is 0 Å². The average Bonchev–Trinajstić information content (AvgIpc) is 2.70. The van der Waals surface area contributed by atoms with Gasteiger partial charge in [0, 0.05) is 18.1 Å². The number of benzene rings is 1. The molecule has 1 aromatic heterocycles. The third-order valence-electron chi connectivity index (χ3n) is 1.64. The second-order valence-electron chi connectivity index (χ2n) is 2.70. The first-order valence-electron chi connectivity index (χ1n) is 4.11. The van der Waals surface area contributed by atoms with Crippen LogP contribution in [0, 0.1) is 0 Å². The van der Waals surface area contributed by atoms with Crippen LogP contribution in [-0.4, -0.2) is 9.97 Å². The number of azo groups is 1. The van der Waals surface area contributed by atoms with Gasteiger partial charge in [0.2, 0.25) is 5.95 Å². The normalized spacial score (nSPS) is 10.9. The fourth-order valence-corrected chi connectivity index (χ4v) is 0.958. The van der Waals surface area contributed by atoms with Gasteiger partial charge in [-0.15, -0.1) is 10.2 Å². The Morgan fingerprint density at radius 3 is 2.57 bits per heavy atom. The van der Waals surface area contributed by atoms with Gasteiger partial charge in [0.1, 0.15) is 0 Å². The Balaban J connectivity index is 2.15. The van der Waals surface area contributed by atoms with Gasteiger partial charge in [0.05, 0.1) is 5.69 Å². The van der Waals surface area contributed by atoms with Crippen LogP contribution in [-0.2, 0) is 0 Å². The Labute approximate surface area is 80.7 Å². The zero-order chi connectivity index (χ0) is 9.80. The van der Waals surface area contributed by atoms with Gasteiger partial charge in [-0.25, -0.2) is 4.98 Å². The molecule has 5 nitrogen and oxygen atoms in total. The summed E-state index contributed by atoms with van der Waals surface area (Å²) in [5.41, 5.74) is 6.98. The molecule has 3 N–H and O–H groups in total. The van der Waals surface area contributed by atoms with Gasteiger partial charge >= 0.3 is 0 Å². The van der Waals surface area contributed by atoms with Crippen molar-refractivity contribution in [3.63, 3.8) is 0 Å². The number of anilines is 1. The average molecular weight is 187 g/mol. The van der Waals surface area contributed by atoms with E-state index in [1.54, 1.807) is 36.7 Å². The molecule has 0 aliphatic heterocycles. The molecule has 2 aromatic rings. The smallest absolute Gasteiger partial charge is 0.246 e. The number of hydrogen-bond donors (Lipinski definition) is 2. The second kappa shape index (κ2) is 3.69. The second-order valence-corrected chi connectivity index (χ2v) is 2.70. The molecule has 70 valence electrons. The van der Waals surface area contributed by atoms with Crippen LogP contribution in [0.15, 0.2) is 46.9 Å². The highest BCUT2D eigenvalue weighted by atomic mass is 15.2. The topological polar surface area (TPSA) is 79.4 Å². The van der Waals surface area contributed by atoms with Gasteiger partial charge in [-0.1, -0.05) is 0 Å². The molecule has 0 spiro atoms. The van der Waals surface area contributed by atoms with Gasteiger partial charge in [0.15, 0.2) is 0 Å². The minimum atomic E-state index is 0.488. The predicted octanol–water partition coefficient (Wildman–Crippen LogP) is 2.41. The van der Waals surface area contributed by atoms with E-state index >= 15 is 0 Å². The molecule has 2 rings (SSSR count). The summed E-state index contributed by atoms with van der Waals surface area (Å²) in [4.78, 5) is 6.73. The fraction of sp³-hybridized carbons (Fsp3) is 0. The number of nitrogens with two attached hydrogens (primary N) is 1. The van der Waals surface area contributed by atoms with Crippen LogP contribution in [0.4, 0.5) is 17.3 Å². The summed E-state index contributed by atoms with van der Waals surface area (Å²) in [5.74, 6) is 0.488. The third kappa shape index (κ3) is 1.95. The van der Waals surface area contributed by atoms with Crippen molar-refractivity contribution in [2.75, 3.05) is 5.73 Å². The van der Waals surface area contributed by atoms with E-state index in [-0.39, 0.29) is 0 Å². The van der Waals surface area contributed by atoms with Crippen LogP contribution >= 0.6 is 0 Å². The van der Waals surface area contributed by atoms with Crippen molar-refractivity contribution < 1.29 is 0 Å². The van der Waals surface area contributed by atoms with Crippen LogP contribution in [0.25, 0.3) is 0 Å². The number of imidazole rings is 1. The molecule has 0 radical (unpaired) electrons. The largest absolute Gasteiger partial charge is 0.399 e. The van der Waals surface area contributed by atoms with E-state index in [1.807, 2.05) is 0 Å². The summed E-state index contributed by atoms with van der Waals surface area (Å²) in [7, 11) is 0. The summed E-state index contributed by atoms with van der Waals surface area (Å²) >= 11 is 0. The van der Waals surface area contributed by atoms with Gasteiger partial charge in [-0.2, -0.15) is 0 Å². The molecular formula is C9H9N5. The summed E-state index contributed by atoms with van der Waals surface area (Å²) < 4.78 is 0. The fourth-order valence-electron chi connectivity index (χ4n) is 0.958. The lowest BCUT2D eigenvalue weighted by molar-refractivity contribution is 1.12. The van der Waals surface area contributed by atoms with Crippen molar-refractivity contribution in [1.29, 1.82) is 0 Å². The molecular weight excluding hydrogens is 178 g/mol. The maximum Gasteiger partial charge on any atom is 0.246 e. The van der Waals surface area contributed by atoms with Crippen molar-refractivity contribution in [2.24, 2.45) is 10.2 Å². The maximum absolute atomic E-state index is 5.53. The third-order valence-corrected chi connectivity index (χ3v) is 1.64. The standard InChI is InChI=1S/C9H9N5/c10-7-1-3-8(4-2-7)13-14-9-11-5-6-12-9/h1-6H,10H2,(H,11,12). The summed E-state index contributed by atoms with van der Waals surface area (Å²) in [6.45, 7) is 0. The van der Waals surface area contributed by atoms with Crippen LogP contribution in [0.3, 0.4) is 0 Å². The number of nitrogen functional groups attached to an aromatic ring is 1. The van der Waals surface area contributed by atoms with E-state index in [0.717, 1.165) is 5.69 Å². The van der Waals surface area contributed by atoms with Gasteiger partial charge in [0.25, 0.3) is 0 Å². The molecule has 0 aliphatic carbocycles. The van der Waals surface area contributed by atoms with Crippen molar-refractivity contribution in [2.45, 2.75) is 0 Å². The Morgan fingerprint density at radius 2 is 1.93 bits per heavy atom. The van der Waals surface area contributed by atoms with Crippen LogP contribution in [0.1, 0.15) is 0 Å². The highest BCUT2D eigenvalue weighted by Crippen LogP contribution is 2.16. The Bertz CT molecular complexity index is 415. The highest BCUT2D eigenvalue weighted by molar-refractivity contribution is 5.47. The first-order valence-corrected chi connectivity index (χ1v) is 4.11. The Kier molecular flexibility index (Phi) is 2.22. The number of aromatic amines is 1. The molecule has 0 aliphatic rings. The molecule has 0 bridgehead atoms. The molecule has 0 saturated heterocycles. The number of nitrogens with one attached hydrogen (secondary N) is 1. The SMILES string of the molecule is Nc1ccc(N=Nc2ncc[nH]2)cc1. The van der Waals surface area contributed by atoms with Crippen LogP contribution < -0.4 is 5.73 Å².